The number of ether oxygens (including phenoxy) is 1. The lowest BCUT2D eigenvalue weighted by Crippen LogP contribution is -2.55. The van der Waals surface area contributed by atoms with Crippen molar-refractivity contribution in [2.24, 2.45) is 0 Å². The molecule has 1 spiro atoms. The molecule has 0 radical (unpaired) electrons. The van der Waals surface area contributed by atoms with Crippen LogP contribution in [0.3, 0.4) is 0 Å². The Balaban J connectivity index is 1.51. The van der Waals surface area contributed by atoms with Crippen LogP contribution in [-0.4, -0.2) is 21.5 Å². The Morgan fingerprint density at radius 2 is 1.84 bits per heavy atom. The van der Waals surface area contributed by atoms with Gasteiger partial charge in [-0.05, 0) is 55.2 Å². The number of carbonyl (C=O) groups excluding carboxylic acids is 1. The first-order chi connectivity index (χ1) is 17.7. The number of nitrogens with zero attached hydrogens (tertiary/aromatic N) is 4. The van der Waals surface area contributed by atoms with Crippen LogP contribution in [0.2, 0.25) is 0 Å². The molecule has 0 unspecified atom stereocenters. The summed E-state index contributed by atoms with van der Waals surface area (Å²) in [7, 11) is 0. The van der Waals surface area contributed by atoms with Gasteiger partial charge in [0.05, 0.1) is 17.4 Å². The van der Waals surface area contributed by atoms with E-state index in [9.17, 15) is 22.4 Å². The van der Waals surface area contributed by atoms with E-state index in [0.29, 0.717) is 31.0 Å². The minimum Gasteiger partial charge on any atom is -0.486 e. The number of aromatic nitrogens is 1. The fraction of sp³-hybridized carbons (Fsp3) is 0.231. The van der Waals surface area contributed by atoms with Gasteiger partial charge in [0.1, 0.15) is 18.2 Å². The quantitative estimate of drug-likeness (QED) is 0.312. The number of anilines is 2. The first kappa shape index (κ1) is 24.6. The number of thiocarbonyl (C=S) groups is 1. The van der Waals surface area contributed by atoms with Crippen molar-refractivity contribution in [2.75, 3.05) is 9.80 Å². The summed E-state index contributed by atoms with van der Waals surface area (Å²) >= 11 is 5.59. The third-order valence-electron chi connectivity index (χ3n) is 6.55. The van der Waals surface area contributed by atoms with Gasteiger partial charge in [-0.2, -0.15) is 18.4 Å². The Hall–Kier alpha value is -4.04. The summed E-state index contributed by atoms with van der Waals surface area (Å²) in [4.78, 5) is 19.8. The molecule has 5 rings (SSSR count). The van der Waals surface area contributed by atoms with Crippen molar-refractivity contribution in [3.05, 3.63) is 83.4 Å². The number of halogens is 4. The van der Waals surface area contributed by atoms with Crippen LogP contribution in [0.25, 0.3) is 0 Å². The summed E-state index contributed by atoms with van der Waals surface area (Å²) in [5.41, 5.74) is -2.17. The first-order valence-electron chi connectivity index (χ1n) is 11.3. The molecular weight excluding hydrogens is 508 g/mol. The average molecular weight is 527 g/mol. The van der Waals surface area contributed by atoms with E-state index in [2.05, 4.69) is 4.98 Å². The van der Waals surface area contributed by atoms with E-state index < -0.39 is 34.7 Å². The van der Waals surface area contributed by atoms with Crippen LogP contribution in [-0.2, 0) is 17.6 Å². The fourth-order valence-corrected chi connectivity index (χ4v) is 5.03. The molecule has 1 aliphatic heterocycles. The van der Waals surface area contributed by atoms with Crippen LogP contribution in [0.15, 0.2) is 60.8 Å². The van der Waals surface area contributed by atoms with Crippen LogP contribution >= 0.6 is 12.2 Å². The predicted octanol–water partition coefficient (Wildman–Crippen LogP) is 5.75. The predicted molar refractivity (Wildman–Crippen MR) is 130 cm³/mol. The van der Waals surface area contributed by atoms with Gasteiger partial charge in [0.15, 0.2) is 22.4 Å². The normalized spacial score (nSPS) is 16.6. The maximum Gasteiger partial charge on any atom is 0.419 e. The molecule has 0 N–H and O–H groups in total. The molecule has 2 heterocycles. The molecule has 188 valence electrons. The van der Waals surface area contributed by atoms with Crippen molar-refractivity contribution in [2.45, 2.75) is 37.6 Å². The van der Waals surface area contributed by atoms with Crippen molar-refractivity contribution < 1.29 is 27.1 Å². The lowest BCUT2D eigenvalue weighted by atomic mass is 9.75. The second-order valence-corrected chi connectivity index (χ2v) is 9.10. The Kier molecular flexibility index (Phi) is 6.07. The maximum absolute atomic E-state index is 14.6. The van der Waals surface area contributed by atoms with Crippen molar-refractivity contribution in [1.82, 2.24) is 4.98 Å². The van der Waals surface area contributed by atoms with Crippen LogP contribution in [0.5, 0.6) is 5.75 Å². The molecule has 1 aliphatic carbocycles. The standard InChI is InChI=1S/C26H18F4N4O2S/c27-20-8-7-17(12-22(20)36-15-16-5-2-1-3-6-16)34-24(37)33(23(35)25(34)9-4-10-25)18-11-19(26(28,29)30)21(13-31)32-14-18/h1-3,5-8,11-12,14H,4,9-10,15H2. The van der Waals surface area contributed by atoms with Gasteiger partial charge in [-0.15, -0.1) is 0 Å². The number of hydrogen-bond donors (Lipinski definition) is 0. The molecule has 6 nitrogen and oxygen atoms in total. The summed E-state index contributed by atoms with van der Waals surface area (Å²) in [6, 6.07) is 15.4. The van der Waals surface area contributed by atoms with Gasteiger partial charge in [-0.3, -0.25) is 9.69 Å². The topological polar surface area (TPSA) is 69.5 Å². The van der Waals surface area contributed by atoms with Crippen molar-refractivity contribution in [3.8, 4) is 11.8 Å². The van der Waals surface area contributed by atoms with Crippen molar-refractivity contribution in [1.29, 1.82) is 5.26 Å². The van der Waals surface area contributed by atoms with Crippen LogP contribution in [0.1, 0.15) is 36.1 Å². The number of pyridine rings is 1. The molecule has 1 aromatic heterocycles. The Labute approximate surface area is 214 Å². The summed E-state index contributed by atoms with van der Waals surface area (Å²) in [5.74, 6) is -1.16. The summed E-state index contributed by atoms with van der Waals surface area (Å²) in [6.45, 7) is 0.110. The highest BCUT2D eigenvalue weighted by Crippen LogP contribution is 2.48. The van der Waals surface area contributed by atoms with Crippen LogP contribution in [0, 0.1) is 17.1 Å². The summed E-state index contributed by atoms with van der Waals surface area (Å²) < 4.78 is 61.0. The lowest BCUT2D eigenvalue weighted by Gasteiger charge is -2.43. The Morgan fingerprint density at radius 1 is 1.11 bits per heavy atom. The maximum atomic E-state index is 14.6. The van der Waals surface area contributed by atoms with Gasteiger partial charge in [0.2, 0.25) is 0 Å². The molecule has 2 aromatic carbocycles. The third kappa shape index (κ3) is 4.17. The molecule has 2 aliphatic rings. The molecule has 0 bridgehead atoms. The highest BCUT2D eigenvalue weighted by Gasteiger charge is 2.59. The summed E-state index contributed by atoms with van der Waals surface area (Å²) in [5, 5.41) is 8.99. The van der Waals surface area contributed by atoms with Gasteiger partial charge in [-0.25, -0.2) is 9.37 Å². The zero-order chi connectivity index (χ0) is 26.4. The Morgan fingerprint density at radius 3 is 2.46 bits per heavy atom. The molecule has 11 heteroatoms. The van der Waals surface area contributed by atoms with Gasteiger partial charge in [-0.1, -0.05) is 30.3 Å². The molecule has 1 amide bonds. The number of amides is 1. The van der Waals surface area contributed by atoms with Gasteiger partial charge >= 0.3 is 6.18 Å². The number of hydrogen-bond acceptors (Lipinski definition) is 5. The summed E-state index contributed by atoms with van der Waals surface area (Å²) in [6.07, 6.45) is -2.30. The smallest absolute Gasteiger partial charge is 0.419 e. The molecule has 37 heavy (non-hydrogen) atoms. The van der Waals surface area contributed by atoms with E-state index >= 15 is 0 Å². The molecular formula is C26H18F4N4O2S. The SMILES string of the molecule is N#Cc1ncc(N2C(=O)C3(CCC3)N(c3ccc(F)c(OCc4ccccc4)c3)C2=S)cc1C(F)(F)F. The molecule has 2 fully saturated rings. The molecule has 1 saturated carbocycles. The monoisotopic (exact) mass is 526 g/mol. The number of alkyl halides is 3. The average Bonchev–Trinajstić information content (AvgIpc) is 3.10. The minimum atomic E-state index is -4.85. The first-order valence-corrected chi connectivity index (χ1v) is 11.7. The highest BCUT2D eigenvalue weighted by atomic mass is 32.1. The van der Waals surface area contributed by atoms with Crippen molar-refractivity contribution >= 4 is 34.6 Å². The second-order valence-electron chi connectivity index (χ2n) is 8.73. The molecule has 1 saturated heterocycles. The zero-order valence-corrected chi connectivity index (χ0v) is 19.9. The van der Waals surface area contributed by atoms with E-state index in [0.717, 1.165) is 16.7 Å². The van der Waals surface area contributed by atoms with E-state index in [1.54, 1.807) is 4.90 Å². The number of rotatable bonds is 5. The largest absolute Gasteiger partial charge is 0.486 e. The van der Waals surface area contributed by atoms with Gasteiger partial charge in [0, 0.05) is 11.8 Å². The second kappa shape index (κ2) is 9.12. The third-order valence-corrected chi connectivity index (χ3v) is 6.91. The zero-order valence-electron chi connectivity index (χ0n) is 19.1. The number of nitriles is 1. The fourth-order valence-electron chi connectivity index (χ4n) is 4.57. The number of carbonyl (C=O) groups is 1. The molecule has 0 atom stereocenters. The lowest BCUT2D eigenvalue weighted by molar-refractivity contribution is -0.138. The van der Waals surface area contributed by atoms with Crippen LogP contribution in [0.4, 0.5) is 28.9 Å². The van der Waals surface area contributed by atoms with E-state index in [4.69, 9.17) is 22.2 Å². The van der Waals surface area contributed by atoms with E-state index in [-0.39, 0.29) is 23.2 Å². The Bertz CT molecular complexity index is 1430. The van der Waals surface area contributed by atoms with Gasteiger partial charge in [0.25, 0.3) is 5.91 Å². The van der Waals surface area contributed by atoms with E-state index in [1.165, 1.54) is 24.3 Å². The van der Waals surface area contributed by atoms with Crippen molar-refractivity contribution in [3.63, 3.8) is 0 Å². The van der Waals surface area contributed by atoms with E-state index in [1.807, 2.05) is 30.3 Å². The van der Waals surface area contributed by atoms with Gasteiger partial charge < -0.3 is 9.64 Å². The molecule has 3 aromatic rings. The minimum absolute atomic E-state index is 0.0519. The number of benzene rings is 2. The highest BCUT2D eigenvalue weighted by molar-refractivity contribution is 7.81. The van der Waals surface area contributed by atoms with Crippen LogP contribution < -0.4 is 14.5 Å².